The Morgan fingerprint density at radius 1 is 0.312 bits per heavy atom. The van der Waals surface area contributed by atoms with Crippen LogP contribution in [-0.4, -0.2) is 37.2 Å². The molecule has 0 rings (SSSR count). The summed E-state index contributed by atoms with van der Waals surface area (Å²) in [6.07, 6.45) is 65.9. The number of unbranched alkanes of at least 4 members (excludes halogenated alkanes) is 25. The van der Waals surface area contributed by atoms with Gasteiger partial charge in [-0.1, -0.05) is 203 Å². The van der Waals surface area contributed by atoms with Crippen LogP contribution in [0.15, 0.2) is 72.9 Å². The lowest BCUT2D eigenvalue weighted by atomic mass is 10.1. The van der Waals surface area contributed by atoms with Crippen LogP contribution in [-0.2, 0) is 28.6 Å². The zero-order valence-corrected chi connectivity index (χ0v) is 42.0. The molecule has 0 radical (unpaired) electrons. The van der Waals surface area contributed by atoms with Crippen molar-refractivity contribution in [1.82, 2.24) is 0 Å². The van der Waals surface area contributed by atoms with Crippen LogP contribution in [0.3, 0.4) is 0 Å². The fourth-order valence-corrected chi connectivity index (χ4v) is 7.28. The van der Waals surface area contributed by atoms with Gasteiger partial charge in [-0.05, 0) is 109 Å². The van der Waals surface area contributed by atoms with Gasteiger partial charge in [0.1, 0.15) is 13.2 Å². The molecule has 0 aromatic carbocycles. The van der Waals surface area contributed by atoms with E-state index in [2.05, 4.69) is 93.7 Å². The zero-order valence-electron chi connectivity index (χ0n) is 42.0. The van der Waals surface area contributed by atoms with Gasteiger partial charge in [0.05, 0.1) is 0 Å². The summed E-state index contributed by atoms with van der Waals surface area (Å²) in [6.45, 7) is 6.53. The van der Waals surface area contributed by atoms with E-state index in [4.69, 9.17) is 14.2 Å². The van der Waals surface area contributed by atoms with Gasteiger partial charge in [-0.2, -0.15) is 0 Å². The summed E-state index contributed by atoms with van der Waals surface area (Å²) < 4.78 is 16.8. The molecule has 0 aliphatic carbocycles. The molecule has 6 heteroatoms. The third-order valence-corrected chi connectivity index (χ3v) is 11.4. The average Bonchev–Trinajstić information content (AvgIpc) is 3.29. The van der Waals surface area contributed by atoms with Crippen molar-refractivity contribution in [3.63, 3.8) is 0 Å². The molecule has 0 unspecified atom stereocenters. The second-order valence-corrected chi connectivity index (χ2v) is 17.8. The number of carbonyl (C=O) groups is 3. The smallest absolute Gasteiger partial charge is 0.306 e. The normalized spacial score (nSPS) is 12.6. The largest absolute Gasteiger partial charge is 0.462 e. The van der Waals surface area contributed by atoms with Gasteiger partial charge in [-0.25, -0.2) is 0 Å². The molecule has 0 aromatic heterocycles. The molecular weight excluding hydrogens is 793 g/mol. The molecule has 0 spiro atoms. The summed E-state index contributed by atoms with van der Waals surface area (Å²) in [5.41, 5.74) is 0. The summed E-state index contributed by atoms with van der Waals surface area (Å²) in [4.78, 5) is 38.0. The topological polar surface area (TPSA) is 78.9 Å². The third kappa shape index (κ3) is 49.9. The van der Waals surface area contributed by atoms with E-state index in [0.717, 1.165) is 109 Å². The van der Waals surface area contributed by atoms with Crippen LogP contribution in [0.5, 0.6) is 0 Å². The lowest BCUT2D eigenvalue weighted by Gasteiger charge is -2.18. The van der Waals surface area contributed by atoms with Gasteiger partial charge in [-0.3, -0.25) is 14.4 Å². The highest BCUT2D eigenvalue weighted by molar-refractivity contribution is 5.71. The van der Waals surface area contributed by atoms with E-state index < -0.39 is 6.10 Å². The summed E-state index contributed by atoms with van der Waals surface area (Å²) >= 11 is 0. The van der Waals surface area contributed by atoms with Crippen molar-refractivity contribution < 1.29 is 28.6 Å². The minimum absolute atomic E-state index is 0.0899. The number of ether oxygens (including phenoxy) is 3. The molecule has 0 amide bonds. The molecule has 368 valence electrons. The maximum absolute atomic E-state index is 12.8. The van der Waals surface area contributed by atoms with Crippen molar-refractivity contribution in [3.05, 3.63) is 72.9 Å². The van der Waals surface area contributed by atoms with Crippen molar-refractivity contribution in [2.24, 2.45) is 0 Å². The summed E-state index contributed by atoms with van der Waals surface area (Å²) in [5, 5.41) is 0. The van der Waals surface area contributed by atoms with Crippen molar-refractivity contribution >= 4 is 17.9 Å². The van der Waals surface area contributed by atoms with Crippen LogP contribution in [0.1, 0.15) is 258 Å². The monoisotopic (exact) mass is 893 g/mol. The molecule has 0 saturated heterocycles. The van der Waals surface area contributed by atoms with Crippen molar-refractivity contribution in [2.75, 3.05) is 13.2 Å². The number of esters is 3. The van der Waals surface area contributed by atoms with Crippen LogP contribution >= 0.6 is 0 Å². The molecule has 0 bridgehead atoms. The van der Waals surface area contributed by atoms with Crippen LogP contribution in [0.25, 0.3) is 0 Å². The Balaban J connectivity index is 4.41. The molecule has 0 heterocycles. The number of rotatable bonds is 48. The SMILES string of the molecule is CCCC/C=C\C/C=C\CCCCCCCC(=O)O[C@H](COC(=O)CCCCCCC/C=C\CCCCCC)COC(=O)CCCCCCCC/C=C\C/C=C\C/C=C\CCCCC. The number of hydrogen-bond acceptors (Lipinski definition) is 6. The minimum atomic E-state index is -0.791. The first-order chi connectivity index (χ1) is 31.5. The van der Waals surface area contributed by atoms with Gasteiger partial charge < -0.3 is 14.2 Å². The van der Waals surface area contributed by atoms with Gasteiger partial charge >= 0.3 is 17.9 Å². The fraction of sp³-hybridized carbons (Fsp3) is 0.741. The molecule has 0 fully saturated rings. The Hall–Kier alpha value is -3.15. The summed E-state index contributed by atoms with van der Waals surface area (Å²) in [7, 11) is 0. The van der Waals surface area contributed by atoms with Crippen molar-refractivity contribution in [1.29, 1.82) is 0 Å². The summed E-state index contributed by atoms with van der Waals surface area (Å²) in [6, 6.07) is 0. The van der Waals surface area contributed by atoms with E-state index in [1.54, 1.807) is 0 Å². The molecular formula is C58H100O6. The van der Waals surface area contributed by atoms with Crippen LogP contribution in [0, 0.1) is 0 Å². The predicted molar refractivity (Wildman–Crippen MR) is 274 cm³/mol. The highest BCUT2D eigenvalue weighted by Gasteiger charge is 2.19. The zero-order chi connectivity index (χ0) is 46.5. The van der Waals surface area contributed by atoms with E-state index in [0.29, 0.717) is 19.3 Å². The van der Waals surface area contributed by atoms with Crippen LogP contribution < -0.4 is 0 Å². The lowest BCUT2D eigenvalue weighted by Crippen LogP contribution is -2.30. The van der Waals surface area contributed by atoms with E-state index >= 15 is 0 Å². The Morgan fingerprint density at radius 3 is 0.969 bits per heavy atom. The number of carbonyl (C=O) groups excluding carboxylic acids is 3. The second kappa shape index (κ2) is 52.5. The first kappa shape index (κ1) is 60.9. The van der Waals surface area contributed by atoms with Crippen molar-refractivity contribution in [2.45, 2.75) is 264 Å². The van der Waals surface area contributed by atoms with E-state index in [-0.39, 0.29) is 31.1 Å². The van der Waals surface area contributed by atoms with Gasteiger partial charge in [0.2, 0.25) is 0 Å². The third-order valence-electron chi connectivity index (χ3n) is 11.4. The van der Waals surface area contributed by atoms with Gasteiger partial charge in [0.25, 0.3) is 0 Å². The number of allylic oxidation sites excluding steroid dienone is 12. The molecule has 0 aliphatic heterocycles. The summed E-state index contributed by atoms with van der Waals surface area (Å²) in [5.74, 6) is -0.922. The average molecular weight is 893 g/mol. The molecule has 0 aliphatic rings. The second-order valence-electron chi connectivity index (χ2n) is 17.8. The standard InChI is InChI=1S/C58H100O6/c1-4-7-10-13-16-19-22-25-27-28-29-30-31-34-36-39-42-45-48-51-57(60)63-54-55(53-62-56(59)50-47-44-41-38-35-32-24-21-18-15-12-9-6-3)64-58(61)52-49-46-43-40-37-33-26-23-20-17-14-11-8-5-2/h14,16-17,19,21,23-27,29-30,55H,4-13,15,18,20,22,28,31-54H2,1-3H3/b17-14-,19-16-,24-21-,26-23-,27-25-,30-29-/t55-/m1/s1. The minimum Gasteiger partial charge on any atom is -0.462 e. The Labute approximate surface area is 395 Å². The Bertz CT molecular complexity index is 1210. The molecule has 0 saturated carbocycles. The Kier molecular flexibility index (Phi) is 49.9. The van der Waals surface area contributed by atoms with E-state index in [9.17, 15) is 14.4 Å². The first-order valence-electron chi connectivity index (χ1n) is 26.9. The van der Waals surface area contributed by atoms with Gasteiger partial charge in [0.15, 0.2) is 6.10 Å². The van der Waals surface area contributed by atoms with Crippen LogP contribution in [0.2, 0.25) is 0 Å². The van der Waals surface area contributed by atoms with E-state index in [1.807, 2.05) is 0 Å². The molecule has 1 atom stereocenters. The highest BCUT2D eigenvalue weighted by atomic mass is 16.6. The molecule has 64 heavy (non-hydrogen) atoms. The molecule has 0 N–H and O–H groups in total. The first-order valence-corrected chi connectivity index (χ1v) is 26.9. The van der Waals surface area contributed by atoms with Crippen LogP contribution in [0.4, 0.5) is 0 Å². The van der Waals surface area contributed by atoms with E-state index in [1.165, 1.54) is 109 Å². The van der Waals surface area contributed by atoms with Crippen molar-refractivity contribution in [3.8, 4) is 0 Å². The maximum atomic E-state index is 12.8. The maximum Gasteiger partial charge on any atom is 0.306 e. The highest BCUT2D eigenvalue weighted by Crippen LogP contribution is 2.14. The number of hydrogen-bond donors (Lipinski definition) is 0. The fourth-order valence-electron chi connectivity index (χ4n) is 7.28. The van der Waals surface area contributed by atoms with Gasteiger partial charge in [-0.15, -0.1) is 0 Å². The quantitative estimate of drug-likeness (QED) is 0.0262. The van der Waals surface area contributed by atoms with Gasteiger partial charge in [0, 0.05) is 19.3 Å². The molecule has 6 nitrogen and oxygen atoms in total. The Morgan fingerprint density at radius 2 is 0.578 bits per heavy atom. The lowest BCUT2D eigenvalue weighted by molar-refractivity contribution is -0.167. The predicted octanol–water partition coefficient (Wildman–Crippen LogP) is 17.8. The molecule has 0 aromatic rings.